The summed E-state index contributed by atoms with van der Waals surface area (Å²) in [6.07, 6.45) is -0.579. The molecule has 0 saturated carbocycles. The summed E-state index contributed by atoms with van der Waals surface area (Å²) in [6.45, 7) is 5.18. The van der Waals surface area contributed by atoms with Gasteiger partial charge in [0.1, 0.15) is 0 Å². The van der Waals surface area contributed by atoms with Crippen LogP contribution in [0.4, 0.5) is 13.2 Å². The van der Waals surface area contributed by atoms with E-state index in [0.29, 0.717) is 5.56 Å². The molecule has 20 heavy (non-hydrogen) atoms. The molecule has 0 aliphatic heterocycles. The molecule has 0 atom stereocenters. The molecule has 5 heteroatoms. The van der Waals surface area contributed by atoms with Crippen molar-refractivity contribution in [1.29, 1.82) is 0 Å². The lowest BCUT2D eigenvalue weighted by molar-refractivity contribution is -0.137. The van der Waals surface area contributed by atoms with Crippen molar-refractivity contribution in [1.82, 2.24) is 0 Å². The number of aliphatic hydroxyl groups is 1. The molecular weight excluding hydrogens is 269 g/mol. The fourth-order valence-corrected chi connectivity index (χ4v) is 1.19. The highest BCUT2D eigenvalue weighted by Crippen LogP contribution is 2.29. The van der Waals surface area contributed by atoms with Crippen LogP contribution < -0.4 is 0 Å². The van der Waals surface area contributed by atoms with E-state index in [1.54, 1.807) is 0 Å². The van der Waals surface area contributed by atoms with Gasteiger partial charge in [0.2, 0.25) is 0 Å². The van der Waals surface area contributed by atoms with Crippen LogP contribution in [-0.2, 0) is 11.0 Å². The normalized spacial score (nSPS) is 12.0. The summed E-state index contributed by atoms with van der Waals surface area (Å²) in [4.78, 5) is 10.7. The summed E-state index contributed by atoms with van der Waals surface area (Å²) in [6, 6.07) is 4.73. The minimum Gasteiger partial charge on any atom is -0.504 e. The first-order valence-corrected chi connectivity index (χ1v) is 6.06. The van der Waals surface area contributed by atoms with Gasteiger partial charge in [-0.25, -0.2) is 0 Å². The van der Waals surface area contributed by atoms with Crippen LogP contribution in [0.15, 0.2) is 42.2 Å². The lowest BCUT2D eigenvalue weighted by Gasteiger charge is -2.06. The van der Waals surface area contributed by atoms with E-state index in [1.165, 1.54) is 31.2 Å². The van der Waals surface area contributed by atoms with Gasteiger partial charge in [0.25, 0.3) is 0 Å². The number of Topliss-reactive ketones (excluding diaryl/α,β-unsaturated/α-hetero) is 1. The first-order valence-electron chi connectivity index (χ1n) is 6.06. The van der Waals surface area contributed by atoms with Gasteiger partial charge in [-0.3, -0.25) is 4.79 Å². The number of carbonyl (C=O) groups excluding carboxylic acids is 1. The number of hydrogen-bond donors (Lipinski definition) is 1. The van der Waals surface area contributed by atoms with Gasteiger partial charge in [-0.1, -0.05) is 38.1 Å². The molecule has 0 spiro atoms. The molecule has 1 rings (SSSR count). The molecule has 0 amide bonds. The van der Waals surface area contributed by atoms with Crippen molar-refractivity contribution in [3.63, 3.8) is 0 Å². The summed E-state index contributed by atoms with van der Waals surface area (Å²) < 4.78 is 37.2. The predicted octanol–water partition coefficient (Wildman–Crippen LogP) is 4.78. The molecule has 1 N–H and O–H groups in total. The number of hydrogen-bond acceptors (Lipinski definition) is 2. The molecule has 0 unspecified atom stereocenters. The molecule has 1 aromatic carbocycles. The molecule has 0 aliphatic rings. The average molecular weight is 286 g/mol. The van der Waals surface area contributed by atoms with Crippen molar-refractivity contribution >= 4 is 11.9 Å². The summed E-state index contributed by atoms with van der Waals surface area (Å²) in [5.74, 6) is -0.957. The van der Waals surface area contributed by atoms with E-state index in [2.05, 4.69) is 0 Å². The first kappa shape index (κ1) is 18.0. The standard InChI is InChI=1S/C13H11F3O2.C2H6/c1-9(17)12(18)7-3-5-10-4-2-6-11(8-10)13(14,15)16;1-2/h2-8,18H,1H3;1-2H3/b5-3+,12-7-;. The second-order valence-electron chi connectivity index (χ2n) is 3.59. The van der Waals surface area contributed by atoms with E-state index in [4.69, 9.17) is 5.11 Å². The lowest BCUT2D eigenvalue weighted by Crippen LogP contribution is -2.04. The number of rotatable bonds is 3. The van der Waals surface area contributed by atoms with Crippen molar-refractivity contribution in [3.8, 4) is 0 Å². The monoisotopic (exact) mass is 286 g/mol. The summed E-state index contributed by atoms with van der Waals surface area (Å²) in [5, 5.41) is 9.07. The van der Waals surface area contributed by atoms with Crippen molar-refractivity contribution in [2.75, 3.05) is 0 Å². The van der Waals surface area contributed by atoms with E-state index in [9.17, 15) is 18.0 Å². The predicted molar refractivity (Wildman–Crippen MR) is 73.2 cm³/mol. The minimum absolute atomic E-state index is 0.331. The largest absolute Gasteiger partial charge is 0.504 e. The molecule has 0 fully saturated rings. The number of carbonyl (C=O) groups is 1. The smallest absolute Gasteiger partial charge is 0.416 e. The Morgan fingerprint density at radius 2 is 1.85 bits per heavy atom. The Morgan fingerprint density at radius 1 is 1.25 bits per heavy atom. The highest BCUT2D eigenvalue weighted by atomic mass is 19.4. The van der Waals surface area contributed by atoms with Gasteiger partial charge >= 0.3 is 6.18 Å². The maximum absolute atomic E-state index is 12.4. The third-order valence-electron chi connectivity index (χ3n) is 2.12. The molecule has 0 heterocycles. The van der Waals surface area contributed by atoms with Crippen molar-refractivity contribution in [3.05, 3.63) is 53.3 Å². The molecule has 0 saturated heterocycles. The summed E-state index contributed by atoms with van der Waals surface area (Å²) in [7, 11) is 0. The Morgan fingerprint density at radius 3 is 2.35 bits per heavy atom. The van der Waals surface area contributed by atoms with Crippen molar-refractivity contribution in [2.45, 2.75) is 26.9 Å². The number of alkyl halides is 3. The van der Waals surface area contributed by atoms with E-state index in [-0.39, 0.29) is 0 Å². The Bertz CT molecular complexity index is 500. The highest BCUT2D eigenvalue weighted by Gasteiger charge is 2.30. The molecule has 0 bridgehead atoms. The van der Waals surface area contributed by atoms with E-state index < -0.39 is 23.3 Å². The Hall–Kier alpha value is -2.04. The second-order valence-corrected chi connectivity index (χ2v) is 3.59. The van der Waals surface area contributed by atoms with E-state index in [0.717, 1.165) is 18.2 Å². The number of halogens is 3. The van der Waals surface area contributed by atoms with Crippen LogP contribution in [0.1, 0.15) is 31.9 Å². The molecular formula is C15H17F3O2. The van der Waals surface area contributed by atoms with Crippen molar-refractivity contribution < 1.29 is 23.1 Å². The number of ketones is 1. The fourth-order valence-electron chi connectivity index (χ4n) is 1.19. The zero-order valence-electron chi connectivity index (χ0n) is 11.5. The number of allylic oxidation sites excluding steroid dienone is 3. The van der Waals surface area contributed by atoms with E-state index >= 15 is 0 Å². The highest BCUT2D eigenvalue weighted by molar-refractivity contribution is 5.91. The lowest BCUT2D eigenvalue weighted by atomic mass is 10.1. The molecule has 0 radical (unpaired) electrons. The third kappa shape index (κ3) is 6.22. The Kier molecular flexibility index (Phi) is 7.36. The number of benzene rings is 1. The van der Waals surface area contributed by atoms with E-state index in [1.807, 2.05) is 13.8 Å². The van der Waals surface area contributed by atoms with Crippen LogP contribution in [0.5, 0.6) is 0 Å². The first-order chi connectivity index (χ1) is 9.30. The Balaban J connectivity index is 0.00000172. The maximum atomic E-state index is 12.4. The Labute approximate surface area is 116 Å². The van der Waals surface area contributed by atoms with Gasteiger partial charge < -0.3 is 5.11 Å². The summed E-state index contributed by atoms with van der Waals surface area (Å²) in [5.41, 5.74) is -0.415. The van der Waals surface area contributed by atoms with Crippen LogP contribution in [0.2, 0.25) is 0 Å². The maximum Gasteiger partial charge on any atom is 0.416 e. The summed E-state index contributed by atoms with van der Waals surface area (Å²) >= 11 is 0. The van der Waals surface area contributed by atoms with Crippen LogP contribution in [0.3, 0.4) is 0 Å². The van der Waals surface area contributed by atoms with Gasteiger partial charge in [0.05, 0.1) is 5.56 Å². The quantitative estimate of drug-likeness (QED) is 0.493. The minimum atomic E-state index is -4.39. The molecule has 110 valence electrons. The second kappa shape index (κ2) is 8.19. The van der Waals surface area contributed by atoms with Crippen LogP contribution in [0, 0.1) is 0 Å². The topological polar surface area (TPSA) is 37.3 Å². The van der Waals surface area contributed by atoms with Crippen LogP contribution >= 0.6 is 0 Å². The third-order valence-corrected chi connectivity index (χ3v) is 2.12. The molecule has 2 nitrogen and oxygen atoms in total. The average Bonchev–Trinajstić information content (AvgIpc) is 2.40. The molecule has 1 aromatic rings. The molecule has 0 aromatic heterocycles. The van der Waals surface area contributed by atoms with Crippen LogP contribution in [-0.4, -0.2) is 10.9 Å². The van der Waals surface area contributed by atoms with Gasteiger partial charge in [-0.05, 0) is 23.8 Å². The van der Waals surface area contributed by atoms with Gasteiger partial charge in [0, 0.05) is 6.92 Å². The SMILES string of the molecule is CC.CC(=O)/C(O)=C/C=C/c1cccc(C(F)(F)F)c1. The zero-order chi connectivity index (χ0) is 15.8. The van der Waals surface area contributed by atoms with Crippen molar-refractivity contribution in [2.24, 2.45) is 0 Å². The zero-order valence-corrected chi connectivity index (χ0v) is 11.5. The van der Waals surface area contributed by atoms with Crippen LogP contribution in [0.25, 0.3) is 6.08 Å². The number of aliphatic hydroxyl groups excluding tert-OH is 1. The fraction of sp³-hybridized carbons (Fsp3) is 0.267. The van der Waals surface area contributed by atoms with Gasteiger partial charge in [0.15, 0.2) is 11.5 Å². The van der Waals surface area contributed by atoms with Gasteiger partial charge in [-0.2, -0.15) is 13.2 Å². The van der Waals surface area contributed by atoms with Gasteiger partial charge in [-0.15, -0.1) is 0 Å². The molecule has 0 aliphatic carbocycles.